The van der Waals surface area contributed by atoms with E-state index in [1.807, 2.05) is 30.3 Å². The second kappa shape index (κ2) is 6.57. The van der Waals surface area contributed by atoms with Crippen LogP contribution in [0.1, 0.15) is 5.56 Å². The molecule has 0 radical (unpaired) electrons. The molecule has 0 atom stereocenters. The second-order valence-electron chi connectivity index (χ2n) is 6.11. The van der Waals surface area contributed by atoms with Gasteiger partial charge in [-0.1, -0.05) is 30.3 Å². The van der Waals surface area contributed by atoms with Crippen LogP contribution in [-0.4, -0.2) is 34.4 Å². The average molecular weight is 336 g/mol. The lowest BCUT2D eigenvalue weighted by Gasteiger charge is -2.25. The van der Waals surface area contributed by atoms with E-state index >= 15 is 0 Å². The van der Waals surface area contributed by atoms with E-state index in [0.717, 1.165) is 24.3 Å². The Kier molecular flexibility index (Phi) is 4.11. The Hall–Kier alpha value is -2.86. The summed E-state index contributed by atoms with van der Waals surface area (Å²) in [6, 6.07) is 15.5. The van der Waals surface area contributed by atoms with Crippen LogP contribution in [0.5, 0.6) is 0 Å². The van der Waals surface area contributed by atoms with Crippen molar-refractivity contribution in [2.24, 2.45) is 0 Å². The highest BCUT2D eigenvalue weighted by Crippen LogP contribution is 2.23. The lowest BCUT2D eigenvalue weighted by Crippen LogP contribution is -2.35. The van der Waals surface area contributed by atoms with Crippen LogP contribution in [0.2, 0.25) is 0 Å². The van der Waals surface area contributed by atoms with Crippen molar-refractivity contribution in [3.05, 3.63) is 64.4 Å². The summed E-state index contributed by atoms with van der Waals surface area (Å²) in [6.45, 7) is 2.29. The number of anilines is 2. The number of nitrogens with zero attached hydrogens (tertiary/aromatic N) is 3. The number of nitrogens with one attached hydrogen (secondary N) is 1. The molecule has 0 bridgehead atoms. The van der Waals surface area contributed by atoms with Gasteiger partial charge >= 0.3 is 0 Å². The van der Waals surface area contributed by atoms with E-state index in [2.05, 4.69) is 22.3 Å². The third-order valence-electron chi connectivity index (χ3n) is 4.52. The highest BCUT2D eigenvalue weighted by atomic mass is 16.3. The Morgan fingerprint density at radius 1 is 1.12 bits per heavy atom. The average Bonchev–Trinajstić information content (AvgIpc) is 2.86. The van der Waals surface area contributed by atoms with Gasteiger partial charge in [0.1, 0.15) is 0 Å². The molecule has 6 nitrogen and oxygen atoms in total. The monoisotopic (exact) mass is 336 g/mol. The summed E-state index contributed by atoms with van der Waals surface area (Å²) in [5.74, 6) is 0.608. The lowest BCUT2D eigenvalue weighted by molar-refractivity contribution is 0.274. The molecule has 128 valence electrons. The zero-order valence-electron chi connectivity index (χ0n) is 13.9. The first-order valence-electron chi connectivity index (χ1n) is 8.45. The van der Waals surface area contributed by atoms with E-state index < -0.39 is 0 Å². The topological polar surface area (TPSA) is 70.4 Å². The largest absolute Gasteiger partial charge is 0.395 e. The van der Waals surface area contributed by atoms with Crippen molar-refractivity contribution in [1.29, 1.82) is 0 Å². The molecule has 3 aromatic rings. The molecule has 0 unspecified atom stereocenters. The SMILES string of the molecule is O=c1c2ccccc2nc(N2CCNc3ccccc3C2)n1CCO. The number of hydrogen-bond acceptors (Lipinski definition) is 5. The van der Waals surface area contributed by atoms with Crippen molar-refractivity contribution in [3.63, 3.8) is 0 Å². The van der Waals surface area contributed by atoms with E-state index in [1.54, 1.807) is 10.6 Å². The first kappa shape index (κ1) is 15.7. The summed E-state index contributed by atoms with van der Waals surface area (Å²) < 4.78 is 1.58. The van der Waals surface area contributed by atoms with Crippen molar-refractivity contribution in [2.75, 3.05) is 29.9 Å². The summed E-state index contributed by atoms with van der Waals surface area (Å²) in [4.78, 5) is 19.7. The Morgan fingerprint density at radius 2 is 1.92 bits per heavy atom. The molecule has 0 saturated heterocycles. The summed E-state index contributed by atoms with van der Waals surface area (Å²) in [7, 11) is 0. The molecule has 0 spiro atoms. The molecule has 0 fully saturated rings. The van der Waals surface area contributed by atoms with Crippen molar-refractivity contribution < 1.29 is 5.11 Å². The maximum Gasteiger partial charge on any atom is 0.262 e. The summed E-state index contributed by atoms with van der Waals surface area (Å²) in [6.07, 6.45) is 0. The fraction of sp³-hybridized carbons (Fsp3) is 0.263. The van der Waals surface area contributed by atoms with Gasteiger partial charge < -0.3 is 15.3 Å². The maximum absolute atomic E-state index is 12.9. The molecule has 4 rings (SSSR count). The summed E-state index contributed by atoms with van der Waals surface area (Å²) in [5.41, 5.74) is 2.85. The predicted molar refractivity (Wildman–Crippen MR) is 99.1 cm³/mol. The highest BCUT2D eigenvalue weighted by Gasteiger charge is 2.20. The highest BCUT2D eigenvalue weighted by molar-refractivity contribution is 5.78. The normalized spacial score (nSPS) is 14.0. The fourth-order valence-corrected chi connectivity index (χ4v) is 3.31. The third kappa shape index (κ3) is 2.85. The molecule has 6 heteroatoms. The molecule has 1 aliphatic heterocycles. The number of benzene rings is 2. The standard InChI is InChI=1S/C19H20N4O2/c24-12-11-23-18(25)15-6-2-4-8-17(15)21-19(23)22-10-9-20-16-7-3-1-5-14(16)13-22/h1-8,20,24H,9-13H2. The van der Waals surface area contributed by atoms with E-state index in [9.17, 15) is 9.90 Å². The molecule has 2 heterocycles. The maximum atomic E-state index is 12.9. The van der Waals surface area contributed by atoms with Crippen LogP contribution in [0.15, 0.2) is 53.3 Å². The predicted octanol–water partition coefficient (Wildman–Crippen LogP) is 1.82. The molecule has 1 aromatic heterocycles. The molecule has 0 aliphatic carbocycles. The van der Waals surface area contributed by atoms with Gasteiger partial charge in [-0.15, -0.1) is 0 Å². The Balaban J connectivity index is 1.85. The number of fused-ring (bicyclic) bond motifs is 2. The van der Waals surface area contributed by atoms with Crippen molar-refractivity contribution in [3.8, 4) is 0 Å². The van der Waals surface area contributed by atoms with Crippen LogP contribution >= 0.6 is 0 Å². The van der Waals surface area contributed by atoms with Gasteiger partial charge in [0.25, 0.3) is 5.56 Å². The van der Waals surface area contributed by atoms with E-state index in [4.69, 9.17) is 4.98 Å². The van der Waals surface area contributed by atoms with Crippen LogP contribution in [0.25, 0.3) is 10.9 Å². The molecule has 2 N–H and O–H groups in total. The van der Waals surface area contributed by atoms with E-state index in [-0.39, 0.29) is 18.7 Å². The minimum absolute atomic E-state index is 0.102. The smallest absolute Gasteiger partial charge is 0.262 e. The Labute approximate surface area is 145 Å². The Morgan fingerprint density at radius 3 is 2.80 bits per heavy atom. The van der Waals surface area contributed by atoms with Crippen LogP contribution < -0.4 is 15.8 Å². The van der Waals surface area contributed by atoms with Crippen LogP contribution in [0.4, 0.5) is 11.6 Å². The summed E-state index contributed by atoms with van der Waals surface area (Å²) in [5, 5.41) is 13.4. The van der Waals surface area contributed by atoms with Crippen LogP contribution in [0, 0.1) is 0 Å². The van der Waals surface area contributed by atoms with E-state index in [1.165, 1.54) is 0 Å². The first-order valence-corrected chi connectivity index (χ1v) is 8.45. The molecular formula is C19H20N4O2. The van der Waals surface area contributed by atoms with Gasteiger partial charge in [0.05, 0.1) is 24.1 Å². The molecule has 0 amide bonds. The minimum Gasteiger partial charge on any atom is -0.395 e. The molecule has 25 heavy (non-hydrogen) atoms. The molecule has 0 saturated carbocycles. The van der Waals surface area contributed by atoms with Crippen LogP contribution in [-0.2, 0) is 13.1 Å². The van der Waals surface area contributed by atoms with Gasteiger partial charge in [-0.25, -0.2) is 4.98 Å². The van der Waals surface area contributed by atoms with Gasteiger partial charge in [-0.05, 0) is 23.8 Å². The van der Waals surface area contributed by atoms with Gasteiger partial charge in [-0.2, -0.15) is 0 Å². The fourth-order valence-electron chi connectivity index (χ4n) is 3.31. The molecular weight excluding hydrogens is 316 g/mol. The zero-order chi connectivity index (χ0) is 17.2. The quantitative estimate of drug-likeness (QED) is 0.763. The molecule has 2 aromatic carbocycles. The number of aliphatic hydroxyl groups is 1. The first-order chi connectivity index (χ1) is 12.3. The van der Waals surface area contributed by atoms with Crippen molar-refractivity contribution in [1.82, 2.24) is 9.55 Å². The lowest BCUT2D eigenvalue weighted by atomic mass is 10.2. The number of aliphatic hydroxyl groups excluding tert-OH is 1. The number of para-hydroxylation sites is 2. The van der Waals surface area contributed by atoms with E-state index in [0.29, 0.717) is 23.4 Å². The van der Waals surface area contributed by atoms with Gasteiger partial charge in [-0.3, -0.25) is 9.36 Å². The van der Waals surface area contributed by atoms with Crippen molar-refractivity contribution in [2.45, 2.75) is 13.1 Å². The third-order valence-corrected chi connectivity index (χ3v) is 4.52. The number of aromatic nitrogens is 2. The number of rotatable bonds is 3. The van der Waals surface area contributed by atoms with Gasteiger partial charge in [0.15, 0.2) is 0 Å². The van der Waals surface area contributed by atoms with Gasteiger partial charge in [0, 0.05) is 25.3 Å². The van der Waals surface area contributed by atoms with Crippen molar-refractivity contribution >= 4 is 22.5 Å². The second-order valence-corrected chi connectivity index (χ2v) is 6.11. The van der Waals surface area contributed by atoms with Crippen LogP contribution in [0.3, 0.4) is 0 Å². The van der Waals surface area contributed by atoms with Gasteiger partial charge in [0.2, 0.25) is 5.95 Å². The number of hydrogen-bond donors (Lipinski definition) is 2. The molecule has 1 aliphatic rings. The minimum atomic E-state index is -0.111. The Bertz CT molecular complexity index is 967. The summed E-state index contributed by atoms with van der Waals surface area (Å²) >= 11 is 0. The zero-order valence-corrected chi connectivity index (χ0v) is 13.9.